The monoisotopic (exact) mass is 183 g/mol. The smallest absolute Gasteiger partial charge is 0.247 e. The van der Waals surface area contributed by atoms with E-state index in [0.29, 0.717) is 0 Å². The van der Waals surface area contributed by atoms with Gasteiger partial charge in [0.1, 0.15) is 17.3 Å². The molecule has 0 spiro atoms. The van der Waals surface area contributed by atoms with Crippen LogP contribution in [0.3, 0.4) is 0 Å². The molecule has 0 aromatic heterocycles. The SMILES string of the molecule is C=CC(=O)Nc1c(F)cccc1F. The average Bonchev–Trinajstić information content (AvgIpc) is 2.11. The van der Waals surface area contributed by atoms with E-state index in [2.05, 4.69) is 6.58 Å². The molecule has 0 saturated heterocycles. The third kappa shape index (κ3) is 2.11. The number of hydrogen-bond acceptors (Lipinski definition) is 1. The number of carbonyl (C=O) groups is 1. The summed E-state index contributed by atoms with van der Waals surface area (Å²) in [5.41, 5.74) is -0.451. The van der Waals surface area contributed by atoms with E-state index in [4.69, 9.17) is 0 Å². The van der Waals surface area contributed by atoms with E-state index in [0.717, 1.165) is 18.2 Å². The molecule has 0 saturated carbocycles. The minimum atomic E-state index is -0.810. The molecule has 0 fully saturated rings. The van der Waals surface area contributed by atoms with Gasteiger partial charge in [0.15, 0.2) is 0 Å². The molecule has 1 aromatic carbocycles. The fourth-order valence-corrected chi connectivity index (χ4v) is 0.791. The molecular weight excluding hydrogens is 176 g/mol. The first-order valence-corrected chi connectivity index (χ1v) is 3.52. The number of para-hydroxylation sites is 1. The standard InChI is InChI=1S/C9H7F2NO/c1-2-8(13)12-9-6(10)4-3-5-7(9)11/h2-5H,1H2,(H,12,13). The highest BCUT2D eigenvalue weighted by atomic mass is 19.1. The van der Waals surface area contributed by atoms with Crippen molar-refractivity contribution in [1.82, 2.24) is 0 Å². The highest BCUT2D eigenvalue weighted by Crippen LogP contribution is 2.17. The summed E-state index contributed by atoms with van der Waals surface area (Å²) in [5, 5.41) is 2.02. The van der Waals surface area contributed by atoms with Gasteiger partial charge in [0.25, 0.3) is 0 Å². The first-order valence-electron chi connectivity index (χ1n) is 3.52. The molecule has 0 unspecified atom stereocenters. The number of amides is 1. The summed E-state index contributed by atoms with van der Waals surface area (Å²) in [4.78, 5) is 10.7. The lowest BCUT2D eigenvalue weighted by Gasteiger charge is -2.03. The van der Waals surface area contributed by atoms with Crippen molar-refractivity contribution in [2.75, 3.05) is 5.32 Å². The predicted molar refractivity (Wildman–Crippen MR) is 45.2 cm³/mol. The van der Waals surface area contributed by atoms with Gasteiger partial charge in [-0.15, -0.1) is 0 Å². The largest absolute Gasteiger partial charge is 0.318 e. The normalized spacial score (nSPS) is 9.38. The molecule has 1 N–H and O–H groups in total. The third-order valence-corrected chi connectivity index (χ3v) is 1.40. The number of halogens is 2. The van der Waals surface area contributed by atoms with Crippen LogP contribution in [0.25, 0.3) is 0 Å². The summed E-state index contributed by atoms with van der Waals surface area (Å²) < 4.78 is 25.7. The molecule has 0 aliphatic heterocycles. The van der Waals surface area contributed by atoms with E-state index in [1.54, 1.807) is 0 Å². The van der Waals surface area contributed by atoms with Gasteiger partial charge in [0.2, 0.25) is 5.91 Å². The van der Waals surface area contributed by atoms with Crippen molar-refractivity contribution in [3.05, 3.63) is 42.5 Å². The minimum absolute atomic E-state index is 0.451. The molecule has 0 aliphatic rings. The second-order valence-electron chi connectivity index (χ2n) is 2.29. The molecule has 1 amide bonds. The second kappa shape index (κ2) is 3.80. The van der Waals surface area contributed by atoms with Gasteiger partial charge in [0.05, 0.1) is 0 Å². The molecule has 0 aliphatic carbocycles. The van der Waals surface area contributed by atoms with Crippen molar-refractivity contribution in [2.45, 2.75) is 0 Å². The Morgan fingerprint density at radius 1 is 1.38 bits per heavy atom. The highest BCUT2D eigenvalue weighted by Gasteiger charge is 2.08. The van der Waals surface area contributed by atoms with Crippen molar-refractivity contribution in [3.8, 4) is 0 Å². The van der Waals surface area contributed by atoms with Gasteiger partial charge in [-0.05, 0) is 18.2 Å². The summed E-state index contributed by atoms with van der Waals surface area (Å²) in [6, 6.07) is 3.33. The summed E-state index contributed by atoms with van der Waals surface area (Å²) in [6.07, 6.45) is 0.936. The van der Waals surface area contributed by atoms with Crippen molar-refractivity contribution >= 4 is 11.6 Å². The molecule has 0 bridgehead atoms. The van der Waals surface area contributed by atoms with Gasteiger partial charge in [-0.2, -0.15) is 0 Å². The summed E-state index contributed by atoms with van der Waals surface area (Å²) in [6.45, 7) is 3.16. The van der Waals surface area contributed by atoms with E-state index in [1.165, 1.54) is 6.07 Å². The molecule has 0 heterocycles. The molecule has 4 heteroatoms. The van der Waals surface area contributed by atoms with Gasteiger partial charge < -0.3 is 5.32 Å². The maximum atomic E-state index is 12.9. The Morgan fingerprint density at radius 3 is 2.38 bits per heavy atom. The topological polar surface area (TPSA) is 29.1 Å². The highest BCUT2D eigenvalue weighted by molar-refractivity contribution is 5.98. The van der Waals surface area contributed by atoms with E-state index < -0.39 is 23.2 Å². The van der Waals surface area contributed by atoms with Crippen LogP contribution < -0.4 is 5.32 Å². The Kier molecular flexibility index (Phi) is 2.74. The number of benzene rings is 1. The molecule has 1 rings (SSSR count). The zero-order chi connectivity index (χ0) is 9.84. The van der Waals surface area contributed by atoms with Gasteiger partial charge in [0, 0.05) is 0 Å². The molecule has 13 heavy (non-hydrogen) atoms. The maximum Gasteiger partial charge on any atom is 0.247 e. The van der Waals surface area contributed by atoms with Crippen LogP contribution in [0.1, 0.15) is 0 Å². The van der Waals surface area contributed by atoms with Crippen LogP contribution >= 0.6 is 0 Å². The van der Waals surface area contributed by atoms with Crippen LogP contribution in [-0.4, -0.2) is 5.91 Å². The Balaban J connectivity index is 2.99. The summed E-state index contributed by atoms with van der Waals surface area (Å²) >= 11 is 0. The molecule has 0 radical (unpaired) electrons. The van der Waals surface area contributed by atoms with E-state index in [-0.39, 0.29) is 0 Å². The van der Waals surface area contributed by atoms with E-state index in [9.17, 15) is 13.6 Å². The first kappa shape index (κ1) is 9.38. The molecular formula is C9H7F2NO. The van der Waals surface area contributed by atoms with Crippen molar-refractivity contribution < 1.29 is 13.6 Å². The Labute approximate surface area is 73.9 Å². The predicted octanol–water partition coefficient (Wildman–Crippen LogP) is 2.09. The van der Waals surface area contributed by atoms with Gasteiger partial charge in [-0.1, -0.05) is 12.6 Å². The van der Waals surface area contributed by atoms with Gasteiger partial charge >= 0.3 is 0 Å². The summed E-state index contributed by atoms with van der Waals surface area (Å²) in [5.74, 6) is -2.27. The number of carbonyl (C=O) groups excluding carboxylic acids is 1. The van der Waals surface area contributed by atoms with Crippen LogP contribution in [0.5, 0.6) is 0 Å². The van der Waals surface area contributed by atoms with Gasteiger partial charge in [-0.3, -0.25) is 4.79 Å². The molecule has 1 aromatic rings. The summed E-state index contributed by atoms with van der Waals surface area (Å²) in [7, 11) is 0. The average molecular weight is 183 g/mol. The first-order chi connectivity index (χ1) is 6.15. The quantitative estimate of drug-likeness (QED) is 0.699. The minimum Gasteiger partial charge on any atom is -0.318 e. The van der Waals surface area contributed by atoms with E-state index >= 15 is 0 Å². The number of nitrogens with one attached hydrogen (secondary N) is 1. The third-order valence-electron chi connectivity index (χ3n) is 1.40. The van der Waals surface area contributed by atoms with E-state index in [1.807, 2.05) is 5.32 Å². The molecule has 2 nitrogen and oxygen atoms in total. The Bertz CT molecular complexity index is 329. The fraction of sp³-hybridized carbons (Fsp3) is 0. The van der Waals surface area contributed by atoms with Crippen molar-refractivity contribution in [1.29, 1.82) is 0 Å². The van der Waals surface area contributed by atoms with Crippen LogP contribution in [0, 0.1) is 11.6 Å². The number of anilines is 1. The molecule has 68 valence electrons. The zero-order valence-electron chi connectivity index (χ0n) is 6.68. The van der Waals surface area contributed by atoms with Crippen molar-refractivity contribution in [3.63, 3.8) is 0 Å². The van der Waals surface area contributed by atoms with Crippen LogP contribution in [0.4, 0.5) is 14.5 Å². The lowest BCUT2D eigenvalue weighted by molar-refractivity contribution is -0.111. The molecule has 0 atom stereocenters. The number of hydrogen-bond donors (Lipinski definition) is 1. The Morgan fingerprint density at radius 2 is 1.92 bits per heavy atom. The lowest BCUT2D eigenvalue weighted by Crippen LogP contribution is -2.10. The zero-order valence-corrected chi connectivity index (χ0v) is 6.68. The Hall–Kier alpha value is -1.71. The van der Waals surface area contributed by atoms with Crippen LogP contribution in [-0.2, 0) is 4.79 Å². The van der Waals surface area contributed by atoms with Gasteiger partial charge in [-0.25, -0.2) is 8.78 Å². The lowest BCUT2D eigenvalue weighted by atomic mass is 10.3. The van der Waals surface area contributed by atoms with Crippen LogP contribution in [0.15, 0.2) is 30.9 Å². The van der Waals surface area contributed by atoms with Crippen LogP contribution in [0.2, 0.25) is 0 Å². The fourth-order valence-electron chi connectivity index (χ4n) is 0.791. The number of rotatable bonds is 2. The van der Waals surface area contributed by atoms with Crippen molar-refractivity contribution in [2.24, 2.45) is 0 Å². The maximum absolute atomic E-state index is 12.9. The second-order valence-corrected chi connectivity index (χ2v) is 2.29.